The Hall–Kier alpha value is -0.880. The van der Waals surface area contributed by atoms with Crippen LogP contribution in [0.1, 0.15) is 38.5 Å². The number of nitrogens with one attached hydrogen (secondary N) is 2. The standard InChI is InChI=1S/C12H20BrN5/c13-10-11(16-8-17-12(10)18-14)15-7-3-6-9-4-1-2-5-9/h8-9H,1-7,14H2,(H2,15,16,17,18). The summed E-state index contributed by atoms with van der Waals surface area (Å²) in [5.74, 6) is 7.70. The van der Waals surface area contributed by atoms with Gasteiger partial charge in [-0.2, -0.15) is 0 Å². The monoisotopic (exact) mass is 313 g/mol. The number of anilines is 2. The van der Waals surface area contributed by atoms with Crippen molar-refractivity contribution in [3.63, 3.8) is 0 Å². The number of nitrogen functional groups attached to an aromatic ring is 1. The lowest BCUT2D eigenvalue weighted by molar-refractivity contribution is 0.491. The molecule has 0 spiro atoms. The van der Waals surface area contributed by atoms with E-state index >= 15 is 0 Å². The molecule has 1 aromatic heterocycles. The second-order valence-corrected chi connectivity index (χ2v) is 5.54. The van der Waals surface area contributed by atoms with Crippen LogP contribution in [0.2, 0.25) is 0 Å². The highest BCUT2D eigenvalue weighted by Gasteiger charge is 2.14. The minimum atomic E-state index is 0.600. The molecule has 4 N–H and O–H groups in total. The average Bonchev–Trinajstić information content (AvgIpc) is 2.89. The number of rotatable bonds is 6. The second-order valence-electron chi connectivity index (χ2n) is 4.75. The van der Waals surface area contributed by atoms with Gasteiger partial charge in [0, 0.05) is 6.54 Å². The topological polar surface area (TPSA) is 75.9 Å². The van der Waals surface area contributed by atoms with E-state index < -0.39 is 0 Å². The Kier molecular flexibility index (Phi) is 5.19. The lowest BCUT2D eigenvalue weighted by atomic mass is 10.0. The van der Waals surface area contributed by atoms with Crippen molar-refractivity contribution in [3.8, 4) is 0 Å². The fourth-order valence-electron chi connectivity index (χ4n) is 2.49. The highest BCUT2D eigenvalue weighted by molar-refractivity contribution is 9.10. The van der Waals surface area contributed by atoms with Crippen molar-refractivity contribution in [2.24, 2.45) is 11.8 Å². The first-order valence-corrected chi connectivity index (χ1v) is 7.31. The van der Waals surface area contributed by atoms with Crippen LogP contribution in [0.5, 0.6) is 0 Å². The molecule has 0 bridgehead atoms. The van der Waals surface area contributed by atoms with E-state index in [1.165, 1.54) is 44.9 Å². The molecular formula is C12H20BrN5. The van der Waals surface area contributed by atoms with Crippen LogP contribution in [0.3, 0.4) is 0 Å². The van der Waals surface area contributed by atoms with Crippen LogP contribution in [0, 0.1) is 5.92 Å². The van der Waals surface area contributed by atoms with E-state index in [4.69, 9.17) is 5.84 Å². The maximum Gasteiger partial charge on any atom is 0.159 e. The van der Waals surface area contributed by atoms with Gasteiger partial charge in [-0.1, -0.05) is 25.7 Å². The SMILES string of the molecule is NNc1ncnc(NCCCC2CCCC2)c1Br. The lowest BCUT2D eigenvalue weighted by Crippen LogP contribution is -2.12. The molecule has 1 aliphatic carbocycles. The van der Waals surface area contributed by atoms with Gasteiger partial charge in [0.15, 0.2) is 5.82 Å². The maximum atomic E-state index is 5.36. The molecule has 6 heteroatoms. The van der Waals surface area contributed by atoms with Crippen molar-refractivity contribution in [2.45, 2.75) is 38.5 Å². The summed E-state index contributed by atoms with van der Waals surface area (Å²) < 4.78 is 0.786. The van der Waals surface area contributed by atoms with Gasteiger partial charge in [0.1, 0.15) is 16.6 Å². The fraction of sp³-hybridized carbons (Fsp3) is 0.667. The molecule has 0 aromatic carbocycles. The molecule has 1 heterocycles. The largest absolute Gasteiger partial charge is 0.369 e. The number of hydrazine groups is 1. The Balaban J connectivity index is 1.75. The van der Waals surface area contributed by atoms with Gasteiger partial charge in [-0.05, 0) is 34.7 Å². The van der Waals surface area contributed by atoms with Crippen molar-refractivity contribution >= 4 is 27.6 Å². The molecule has 1 aromatic rings. The summed E-state index contributed by atoms with van der Waals surface area (Å²) in [6.07, 6.45) is 9.67. The van der Waals surface area contributed by atoms with E-state index in [0.717, 1.165) is 22.8 Å². The van der Waals surface area contributed by atoms with Gasteiger partial charge in [0.25, 0.3) is 0 Å². The van der Waals surface area contributed by atoms with Crippen LogP contribution < -0.4 is 16.6 Å². The molecule has 1 aliphatic rings. The number of hydrogen-bond acceptors (Lipinski definition) is 5. The average molecular weight is 314 g/mol. The molecule has 5 nitrogen and oxygen atoms in total. The van der Waals surface area contributed by atoms with Crippen LogP contribution in [-0.4, -0.2) is 16.5 Å². The normalized spacial score (nSPS) is 15.9. The third-order valence-corrected chi connectivity index (χ3v) is 4.23. The zero-order valence-electron chi connectivity index (χ0n) is 10.5. The van der Waals surface area contributed by atoms with Crippen molar-refractivity contribution in [1.82, 2.24) is 9.97 Å². The predicted molar refractivity (Wildman–Crippen MR) is 77.2 cm³/mol. The number of halogens is 1. The Morgan fingerprint density at radius 1 is 1.28 bits per heavy atom. The van der Waals surface area contributed by atoms with Crippen molar-refractivity contribution < 1.29 is 0 Å². The first-order valence-electron chi connectivity index (χ1n) is 6.52. The Bertz CT molecular complexity index is 379. The van der Waals surface area contributed by atoms with E-state index in [-0.39, 0.29) is 0 Å². The van der Waals surface area contributed by atoms with Gasteiger partial charge in [0.2, 0.25) is 0 Å². The van der Waals surface area contributed by atoms with E-state index in [1.807, 2.05) is 0 Å². The first-order chi connectivity index (χ1) is 8.81. The third kappa shape index (κ3) is 3.55. The van der Waals surface area contributed by atoms with Gasteiger partial charge in [-0.15, -0.1) is 0 Å². The van der Waals surface area contributed by atoms with E-state index in [2.05, 4.69) is 36.6 Å². The third-order valence-electron chi connectivity index (χ3n) is 3.48. The van der Waals surface area contributed by atoms with Gasteiger partial charge in [0.05, 0.1) is 0 Å². The zero-order chi connectivity index (χ0) is 12.8. The van der Waals surface area contributed by atoms with Crippen LogP contribution in [0.15, 0.2) is 10.8 Å². The Morgan fingerprint density at radius 2 is 2.00 bits per heavy atom. The molecule has 0 unspecified atom stereocenters. The summed E-state index contributed by atoms with van der Waals surface area (Å²) in [5.41, 5.74) is 2.53. The molecule has 0 atom stereocenters. The summed E-state index contributed by atoms with van der Waals surface area (Å²) >= 11 is 3.43. The van der Waals surface area contributed by atoms with Crippen molar-refractivity contribution in [1.29, 1.82) is 0 Å². The Labute approximate surface area is 116 Å². The van der Waals surface area contributed by atoms with Crippen LogP contribution in [0.4, 0.5) is 11.6 Å². The molecule has 0 aliphatic heterocycles. The summed E-state index contributed by atoms with van der Waals surface area (Å²) in [6, 6.07) is 0. The minimum absolute atomic E-state index is 0.600. The summed E-state index contributed by atoms with van der Waals surface area (Å²) in [6.45, 7) is 0.941. The van der Waals surface area contributed by atoms with Gasteiger partial charge in [-0.3, -0.25) is 0 Å². The van der Waals surface area contributed by atoms with Crippen LogP contribution in [-0.2, 0) is 0 Å². The summed E-state index contributed by atoms with van der Waals surface area (Å²) in [4.78, 5) is 8.21. The fourth-order valence-corrected chi connectivity index (χ4v) is 2.95. The minimum Gasteiger partial charge on any atom is -0.369 e. The molecule has 1 saturated carbocycles. The summed E-state index contributed by atoms with van der Waals surface area (Å²) in [7, 11) is 0. The molecule has 18 heavy (non-hydrogen) atoms. The highest BCUT2D eigenvalue weighted by Crippen LogP contribution is 2.29. The number of nitrogens with zero attached hydrogens (tertiary/aromatic N) is 2. The van der Waals surface area contributed by atoms with E-state index in [0.29, 0.717) is 5.82 Å². The van der Waals surface area contributed by atoms with Crippen LogP contribution >= 0.6 is 15.9 Å². The molecule has 100 valence electrons. The van der Waals surface area contributed by atoms with E-state index in [9.17, 15) is 0 Å². The van der Waals surface area contributed by atoms with Crippen molar-refractivity contribution in [2.75, 3.05) is 17.3 Å². The smallest absolute Gasteiger partial charge is 0.159 e. The van der Waals surface area contributed by atoms with Crippen LogP contribution in [0.25, 0.3) is 0 Å². The second kappa shape index (κ2) is 6.89. The molecule has 0 radical (unpaired) electrons. The van der Waals surface area contributed by atoms with Gasteiger partial charge >= 0.3 is 0 Å². The van der Waals surface area contributed by atoms with Crippen molar-refractivity contribution in [3.05, 3.63) is 10.8 Å². The van der Waals surface area contributed by atoms with Gasteiger partial charge < -0.3 is 10.7 Å². The molecular weight excluding hydrogens is 294 g/mol. The number of nitrogens with two attached hydrogens (primary N) is 1. The molecule has 0 amide bonds. The molecule has 2 rings (SSSR count). The van der Waals surface area contributed by atoms with Gasteiger partial charge in [-0.25, -0.2) is 15.8 Å². The number of aromatic nitrogens is 2. The maximum absolute atomic E-state index is 5.36. The summed E-state index contributed by atoms with van der Waals surface area (Å²) in [5, 5.41) is 3.32. The Morgan fingerprint density at radius 3 is 2.72 bits per heavy atom. The highest BCUT2D eigenvalue weighted by atomic mass is 79.9. The predicted octanol–water partition coefficient (Wildman–Crippen LogP) is 2.91. The van der Waals surface area contributed by atoms with E-state index in [1.54, 1.807) is 0 Å². The quantitative estimate of drug-likeness (QED) is 0.428. The molecule has 1 fully saturated rings. The zero-order valence-corrected chi connectivity index (χ0v) is 12.0. The molecule has 0 saturated heterocycles. The lowest BCUT2D eigenvalue weighted by Gasteiger charge is -2.11. The first kappa shape index (κ1) is 13.5. The number of hydrogen-bond donors (Lipinski definition) is 3.